The summed E-state index contributed by atoms with van der Waals surface area (Å²) in [5.74, 6) is 0. The van der Waals surface area contributed by atoms with Crippen LogP contribution in [0.15, 0.2) is 12.3 Å². The number of carbonyl (C=O) groups excluding carboxylic acids is 1. The summed E-state index contributed by atoms with van der Waals surface area (Å²) in [5.41, 5.74) is -0.499. The van der Waals surface area contributed by atoms with Crippen molar-refractivity contribution in [3.05, 3.63) is 17.4 Å². The molecule has 116 valence electrons. The van der Waals surface area contributed by atoms with E-state index in [1.54, 1.807) is 17.2 Å². The van der Waals surface area contributed by atoms with Gasteiger partial charge in [-0.3, -0.25) is 0 Å². The quantitative estimate of drug-likeness (QED) is 0.785. The average molecular weight is 314 g/mol. The third-order valence-electron chi connectivity index (χ3n) is 2.90. The van der Waals surface area contributed by atoms with E-state index in [0.29, 0.717) is 18.2 Å². The van der Waals surface area contributed by atoms with Crippen molar-refractivity contribution in [3.63, 3.8) is 0 Å². The Hall–Kier alpha value is -1.56. The molecule has 7 heteroatoms. The second kappa shape index (κ2) is 6.47. The topological polar surface area (TPSA) is 64.5 Å². The second-order valence-corrected chi connectivity index (χ2v) is 6.36. The highest BCUT2D eigenvalue weighted by atomic mass is 35.5. The minimum atomic E-state index is -0.499. The largest absolute Gasteiger partial charge is 0.458 e. The Morgan fingerprint density at radius 3 is 2.90 bits per heavy atom. The molecule has 2 rings (SSSR count). The highest BCUT2D eigenvalue weighted by molar-refractivity contribution is 6.29. The Kier molecular flexibility index (Phi) is 4.88. The number of nitrogens with zero attached hydrogens (tertiary/aromatic N) is 3. The number of amides is 1. The van der Waals surface area contributed by atoms with Crippen LogP contribution in [-0.2, 0) is 4.74 Å². The molecule has 21 heavy (non-hydrogen) atoms. The van der Waals surface area contributed by atoms with E-state index in [0.717, 1.165) is 12.8 Å². The number of hydrogen-bond acceptors (Lipinski definition) is 5. The van der Waals surface area contributed by atoms with Crippen LogP contribution >= 0.6 is 11.6 Å². The van der Waals surface area contributed by atoms with Gasteiger partial charge in [0.25, 0.3) is 0 Å². The number of ether oxygens (including phenoxy) is 2. The van der Waals surface area contributed by atoms with Crippen LogP contribution in [0.5, 0.6) is 6.01 Å². The number of piperidine rings is 1. The Labute approximate surface area is 129 Å². The molecule has 1 saturated heterocycles. The van der Waals surface area contributed by atoms with Gasteiger partial charge < -0.3 is 14.4 Å². The number of rotatable bonds is 2. The second-order valence-electron chi connectivity index (χ2n) is 5.97. The lowest BCUT2D eigenvalue weighted by molar-refractivity contribution is 0.00660. The number of likely N-dealkylation sites (tertiary alicyclic amines) is 1. The van der Waals surface area contributed by atoms with Crippen molar-refractivity contribution in [2.24, 2.45) is 0 Å². The molecule has 1 unspecified atom stereocenters. The fourth-order valence-electron chi connectivity index (χ4n) is 2.05. The maximum atomic E-state index is 12.1. The molecule has 1 atom stereocenters. The third-order valence-corrected chi connectivity index (χ3v) is 3.11. The zero-order valence-electron chi connectivity index (χ0n) is 12.5. The maximum Gasteiger partial charge on any atom is 0.410 e. The molecule has 1 fully saturated rings. The lowest BCUT2D eigenvalue weighted by Crippen LogP contribution is -2.46. The SMILES string of the molecule is CC(C)(C)OC(=O)N1CCCC(Oc2nccc(Cl)n2)C1. The number of halogens is 1. The standard InChI is InChI=1S/C14H20ClN3O3/c1-14(2,3)21-13(19)18-8-4-5-10(9-18)20-12-16-7-6-11(15)17-12/h6-7,10H,4-5,8-9H2,1-3H3. The van der Waals surface area contributed by atoms with Crippen LogP contribution in [0.3, 0.4) is 0 Å². The van der Waals surface area contributed by atoms with Crippen LogP contribution in [-0.4, -0.2) is 45.8 Å². The predicted molar refractivity (Wildman–Crippen MR) is 78.5 cm³/mol. The first kappa shape index (κ1) is 15.8. The normalized spacial score (nSPS) is 19.2. The zero-order valence-corrected chi connectivity index (χ0v) is 13.3. The van der Waals surface area contributed by atoms with E-state index in [1.807, 2.05) is 20.8 Å². The maximum absolute atomic E-state index is 12.1. The van der Waals surface area contributed by atoms with Crippen LogP contribution in [0, 0.1) is 0 Å². The van der Waals surface area contributed by atoms with Crippen LogP contribution in [0.4, 0.5) is 4.79 Å². The van der Waals surface area contributed by atoms with Gasteiger partial charge in [-0.1, -0.05) is 11.6 Å². The minimum absolute atomic E-state index is 0.148. The summed E-state index contributed by atoms with van der Waals surface area (Å²) in [7, 11) is 0. The first-order valence-electron chi connectivity index (χ1n) is 6.96. The Morgan fingerprint density at radius 2 is 2.24 bits per heavy atom. The minimum Gasteiger partial charge on any atom is -0.458 e. The lowest BCUT2D eigenvalue weighted by atomic mass is 10.1. The smallest absolute Gasteiger partial charge is 0.410 e. The van der Waals surface area contributed by atoms with Crippen molar-refractivity contribution >= 4 is 17.7 Å². The van der Waals surface area contributed by atoms with Crippen LogP contribution in [0.2, 0.25) is 5.15 Å². The van der Waals surface area contributed by atoms with E-state index in [-0.39, 0.29) is 18.2 Å². The molecule has 6 nitrogen and oxygen atoms in total. The van der Waals surface area contributed by atoms with Crippen molar-refractivity contribution < 1.29 is 14.3 Å². The number of carbonyl (C=O) groups is 1. The van der Waals surface area contributed by atoms with E-state index in [2.05, 4.69) is 9.97 Å². The van der Waals surface area contributed by atoms with Gasteiger partial charge in [-0.2, -0.15) is 4.98 Å². The molecule has 0 saturated carbocycles. The number of aromatic nitrogens is 2. The zero-order chi connectivity index (χ0) is 15.5. The molecule has 2 heterocycles. The van der Waals surface area contributed by atoms with E-state index >= 15 is 0 Å². The molecular formula is C14H20ClN3O3. The summed E-state index contributed by atoms with van der Waals surface area (Å²) in [6.07, 6.45) is 2.77. The summed E-state index contributed by atoms with van der Waals surface area (Å²) in [4.78, 5) is 21.7. The monoisotopic (exact) mass is 313 g/mol. The molecule has 0 bridgehead atoms. The first-order chi connectivity index (χ1) is 9.83. The van der Waals surface area contributed by atoms with Crippen molar-refractivity contribution in [2.75, 3.05) is 13.1 Å². The molecule has 1 aromatic heterocycles. The van der Waals surface area contributed by atoms with E-state index < -0.39 is 5.60 Å². The summed E-state index contributed by atoms with van der Waals surface area (Å²) in [6.45, 7) is 6.68. The van der Waals surface area contributed by atoms with Gasteiger partial charge in [0.05, 0.1) is 6.54 Å². The van der Waals surface area contributed by atoms with Crippen LogP contribution < -0.4 is 4.74 Å². The fraction of sp³-hybridized carbons (Fsp3) is 0.643. The van der Waals surface area contributed by atoms with Gasteiger partial charge in [0.15, 0.2) is 0 Å². The highest BCUT2D eigenvalue weighted by Gasteiger charge is 2.28. The molecule has 1 aromatic rings. The van der Waals surface area contributed by atoms with Gasteiger partial charge in [-0.15, -0.1) is 0 Å². The fourth-order valence-corrected chi connectivity index (χ4v) is 2.18. The summed E-state index contributed by atoms with van der Waals surface area (Å²) < 4.78 is 11.1. The Morgan fingerprint density at radius 1 is 1.48 bits per heavy atom. The molecule has 1 amide bonds. The van der Waals surface area contributed by atoms with Crippen molar-refractivity contribution in [2.45, 2.75) is 45.3 Å². The van der Waals surface area contributed by atoms with Gasteiger partial charge in [0, 0.05) is 12.7 Å². The molecule has 0 spiro atoms. The molecule has 1 aliphatic rings. The molecular weight excluding hydrogens is 294 g/mol. The van der Waals surface area contributed by atoms with Crippen molar-refractivity contribution in [3.8, 4) is 6.01 Å². The summed E-state index contributed by atoms with van der Waals surface area (Å²) in [6, 6.07) is 1.82. The van der Waals surface area contributed by atoms with Gasteiger partial charge in [-0.25, -0.2) is 9.78 Å². The first-order valence-corrected chi connectivity index (χ1v) is 7.34. The predicted octanol–water partition coefficient (Wildman–Crippen LogP) is 2.91. The third kappa shape index (κ3) is 5.04. The molecule has 1 aliphatic heterocycles. The van der Waals surface area contributed by atoms with Gasteiger partial charge in [0.1, 0.15) is 16.9 Å². The van der Waals surface area contributed by atoms with E-state index in [9.17, 15) is 4.79 Å². The highest BCUT2D eigenvalue weighted by Crippen LogP contribution is 2.19. The van der Waals surface area contributed by atoms with E-state index in [4.69, 9.17) is 21.1 Å². The Bertz CT molecular complexity index is 504. The average Bonchev–Trinajstić information content (AvgIpc) is 2.37. The summed E-state index contributed by atoms with van der Waals surface area (Å²) >= 11 is 5.80. The van der Waals surface area contributed by atoms with Crippen LogP contribution in [0.25, 0.3) is 0 Å². The molecule has 0 aliphatic carbocycles. The van der Waals surface area contributed by atoms with Gasteiger partial charge in [0.2, 0.25) is 0 Å². The van der Waals surface area contributed by atoms with E-state index in [1.165, 1.54) is 0 Å². The summed E-state index contributed by atoms with van der Waals surface area (Å²) in [5, 5.41) is 0.333. The number of hydrogen-bond donors (Lipinski definition) is 0. The van der Waals surface area contributed by atoms with Gasteiger partial charge >= 0.3 is 12.1 Å². The van der Waals surface area contributed by atoms with Crippen LogP contribution in [0.1, 0.15) is 33.6 Å². The lowest BCUT2D eigenvalue weighted by Gasteiger charge is -2.33. The van der Waals surface area contributed by atoms with Crippen molar-refractivity contribution in [1.82, 2.24) is 14.9 Å². The molecule has 0 N–H and O–H groups in total. The van der Waals surface area contributed by atoms with Crippen molar-refractivity contribution in [1.29, 1.82) is 0 Å². The Balaban J connectivity index is 1.93. The molecule has 0 radical (unpaired) electrons. The van der Waals surface area contributed by atoms with Gasteiger partial charge in [-0.05, 0) is 39.7 Å². The molecule has 0 aromatic carbocycles.